The number of carboxylic acids is 1. The van der Waals surface area contributed by atoms with Gasteiger partial charge in [0, 0.05) is 0 Å². The molecule has 0 bridgehead atoms. The summed E-state index contributed by atoms with van der Waals surface area (Å²) >= 11 is 0. The van der Waals surface area contributed by atoms with Gasteiger partial charge in [-0.2, -0.15) is 13.2 Å². The number of hydrogen-bond donors (Lipinski definition) is 1. The Bertz CT molecular complexity index is 487. The van der Waals surface area contributed by atoms with Crippen molar-refractivity contribution in [2.24, 2.45) is 0 Å². The molecule has 0 atom stereocenters. The highest BCUT2D eigenvalue weighted by Gasteiger charge is 2.36. The summed E-state index contributed by atoms with van der Waals surface area (Å²) in [6, 6.07) is 0.290. The Morgan fingerprint density at radius 1 is 1.47 bits per heavy atom. The van der Waals surface area contributed by atoms with Gasteiger partial charge in [0.1, 0.15) is 5.69 Å². The molecule has 1 aromatic heterocycles. The number of alkyl halides is 5. The van der Waals surface area contributed by atoms with Gasteiger partial charge in [0.25, 0.3) is 6.43 Å². The minimum Gasteiger partial charge on any atom is -0.481 e. The van der Waals surface area contributed by atoms with Crippen molar-refractivity contribution in [1.29, 1.82) is 0 Å². The van der Waals surface area contributed by atoms with Crippen molar-refractivity contribution in [1.82, 2.24) is 4.98 Å². The molecule has 0 unspecified atom stereocenters. The number of carbonyl (C=O) groups is 1. The molecule has 0 aliphatic heterocycles. The molecule has 9 heteroatoms. The lowest BCUT2D eigenvalue weighted by Gasteiger charge is -2.15. The molecule has 1 N–H and O–H groups in total. The molecular formula is C10H8F5NO3. The fourth-order valence-corrected chi connectivity index (χ4v) is 1.43. The van der Waals surface area contributed by atoms with Crippen LogP contribution in [0.15, 0.2) is 6.07 Å². The molecule has 1 heterocycles. The Hall–Kier alpha value is -1.93. The smallest absolute Gasteiger partial charge is 0.433 e. The van der Waals surface area contributed by atoms with Crippen LogP contribution < -0.4 is 4.74 Å². The molecule has 1 rings (SSSR count). The van der Waals surface area contributed by atoms with Crippen LogP contribution in [0.2, 0.25) is 0 Å². The van der Waals surface area contributed by atoms with Crippen molar-refractivity contribution in [3.05, 3.63) is 22.9 Å². The Balaban J connectivity index is 3.49. The van der Waals surface area contributed by atoms with Crippen molar-refractivity contribution in [3.63, 3.8) is 0 Å². The van der Waals surface area contributed by atoms with E-state index < -0.39 is 47.7 Å². The first-order chi connectivity index (χ1) is 8.66. The number of methoxy groups -OCH3 is 1. The number of rotatable bonds is 4. The van der Waals surface area contributed by atoms with E-state index in [1.54, 1.807) is 0 Å². The lowest BCUT2D eigenvalue weighted by atomic mass is 10.1. The summed E-state index contributed by atoms with van der Waals surface area (Å²) in [6.07, 6.45) is -9.07. The lowest BCUT2D eigenvalue weighted by molar-refractivity contribution is -0.142. The first kappa shape index (κ1) is 15.1. The van der Waals surface area contributed by atoms with Gasteiger partial charge in [0.15, 0.2) is 0 Å². The first-order valence-electron chi connectivity index (χ1n) is 4.81. The second-order valence-corrected chi connectivity index (χ2v) is 3.46. The zero-order valence-electron chi connectivity index (χ0n) is 9.46. The van der Waals surface area contributed by atoms with Crippen molar-refractivity contribution >= 4 is 5.97 Å². The summed E-state index contributed by atoms with van der Waals surface area (Å²) in [7, 11) is 0.874. The Morgan fingerprint density at radius 2 is 2.05 bits per heavy atom. The van der Waals surface area contributed by atoms with E-state index >= 15 is 0 Å². The standard InChI is InChI=1S/C10H8F5NO3/c1-19-9-7(8(11)12)4(3-6(17)18)2-5(16-9)10(13,14)15/h2,8H,3H2,1H3,(H,17,18). The maximum absolute atomic E-state index is 12.8. The molecule has 0 spiro atoms. The number of carboxylic acid groups (broad SMARTS) is 1. The van der Waals surface area contributed by atoms with Gasteiger partial charge in [-0.25, -0.2) is 13.8 Å². The number of nitrogens with zero attached hydrogens (tertiary/aromatic N) is 1. The van der Waals surface area contributed by atoms with Crippen LogP contribution in [0.4, 0.5) is 22.0 Å². The summed E-state index contributed by atoms with van der Waals surface area (Å²) in [5.74, 6) is -2.47. The van der Waals surface area contributed by atoms with Crippen LogP contribution in [0.3, 0.4) is 0 Å². The summed E-state index contributed by atoms with van der Waals surface area (Å²) in [6.45, 7) is 0. The summed E-state index contributed by atoms with van der Waals surface area (Å²) in [4.78, 5) is 13.4. The van der Waals surface area contributed by atoms with Crippen LogP contribution in [0.25, 0.3) is 0 Å². The molecule has 0 saturated heterocycles. The van der Waals surface area contributed by atoms with E-state index in [1.807, 2.05) is 0 Å². The Labute approximate surface area is 103 Å². The normalized spacial score (nSPS) is 11.7. The van der Waals surface area contributed by atoms with Gasteiger partial charge in [-0.05, 0) is 11.6 Å². The van der Waals surface area contributed by atoms with Gasteiger partial charge in [-0.1, -0.05) is 0 Å². The Morgan fingerprint density at radius 3 is 2.42 bits per heavy atom. The fourth-order valence-electron chi connectivity index (χ4n) is 1.43. The van der Waals surface area contributed by atoms with Gasteiger partial charge >= 0.3 is 12.1 Å². The van der Waals surface area contributed by atoms with Gasteiger partial charge in [0.2, 0.25) is 5.88 Å². The zero-order chi connectivity index (χ0) is 14.8. The molecule has 0 aromatic carbocycles. The maximum atomic E-state index is 12.8. The van der Waals surface area contributed by atoms with Crippen LogP contribution >= 0.6 is 0 Å². The average Bonchev–Trinajstić information content (AvgIpc) is 2.25. The van der Waals surface area contributed by atoms with Crippen LogP contribution in [0, 0.1) is 0 Å². The van der Waals surface area contributed by atoms with E-state index in [9.17, 15) is 26.7 Å². The van der Waals surface area contributed by atoms with E-state index in [2.05, 4.69) is 9.72 Å². The summed E-state index contributed by atoms with van der Waals surface area (Å²) < 4.78 is 67.4. The molecule has 0 fully saturated rings. The van der Waals surface area contributed by atoms with Crippen LogP contribution in [0.5, 0.6) is 5.88 Å². The predicted octanol–water partition coefficient (Wildman–Crippen LogP) is 2.67. The molecule has 0 aliphatic rings. The third-order valence-electron chi connectivity index (χ3n) is 2.15. The molecule has 0 aliphatic carbocycles. The fraction of sp³-hybridized carbons (Fsp3) is 0.400. The SMILES string of the molecule is COc1nc(C(F)(F)F)cc(CC(=O)O)c1C(F)F. The minimum absolute atomic E-state index is 0.290. The third-order valence-corrected chi connectivity index (χ3v) is 2.15. The van der Waals surface area contributed by atoms with Crippen LogP contribution in [-0.4, -0.2) is 23.2 Å². The molecular weight excluding hydrogens is 277 g/mol. The van der Waals surface area contributed by atoms with Crippen molar-refractivity contribution in [3.8, 4) is 5.88 Å². The quantitative estimate of drug-likeness (QED) is 0.864. The molecule has 0 radical (unpaired) electrons. The molecule has 0 saturated carbocycles. The molecule has 0 amide bonds. The van der Waals surface area contributed by atoms with Crippen molar-refractivity contribution < 1.29 is 36.6 Å². The first-order valence-corrected chi connectivity index (χ1v) is 4.81. The lowest BCUT2D eigenvalue weighted by Crippen LogP contribution is -2.14. The van der Waals surface area contributed by atoms with E-state index in [0.29, 0.717) is 0 Å². The number of aliphatic carboxylic acids is 1. The van der Waals surface area contributed by atoms with Gasteiger partial charge in [-0.15, -0.1) is 0 Å². The molecule has 19 heavy (non-hydrogen) atoms. The van der Waals surface area contributed by atoms with E-state index in [1.165, 1.54) is 0 Å². The highest BCUT2D eigenvalue weighted by Crippen LogP contribution is 2.36. The number of ether oxygens (including phenoxy) is 1. The van der Waals surface area contributed by atoms with Gasteiger partial charge < -0.3 is 9.84 Å². The summed E-state index contributed by atoms with van der Waals surface area (Å²) in [5.41, 5.74) is -3.11. The minimum atomic E-state index is -4.89. The number of halogens is 5. The van der Waals surface area contributed by atoms with Gasteiger partial charge in [0.05, 0.1) is 19.1 Å². The maximum Gasteiger partial charge on any atom is 0.433 e. The van der Waals surface area contributed by atoms with Crippen molar-refractivity contribution in [2.45, 2.75) is 19.0 Å². The largest absolute Gasteiger partial charge is 0.481 e. The second-order valence-electron chi connectivity index (χ2n) is 3.46. The van der Waals surface area contributed by atoms with E-state index in [-0.39, 0.29) is 6.07 Å². The predicted molar refractivity (Wildman–Crippen MR) is 52.1 cm³/mol. The second kappa shape index (κ2) is 5.37. The zero-order valence-corrected chi connectivity index (χ0v) is 9.46. The number of hydrogen-bond acceptors (Lipinski definition) is 3. The van der Waals surface area contributed by atoms with Crippen LogP contribution in [0.1, 0.15) is 23.2 Å². The monoisotopic (exact) mass is 285 g/mol. The Kier molecular flexibility index (Phi) is 4.28. The highest BCUT2D eigenvalue weighted by atomic mass is 19.4. The van der Waals surface area contributed by atoms with Gasteiger partial charge in [-0.3, -0.25) is 4.79 Å². The number of aromatic nitrogens is 1. The van der Waals surface area contributed by atoms with E-state index in [0.717, 1.165) is 7.11 Å². The van der Waals surface area contributed by atoms with Crippen molar-refractivity contribution in [2.75, 3.05) is 7.11 Å². The topological polar surface area (TPSA) is 59.4 Å². The summed E-state index contributed by atoms with van der Waals surface area (Å²) in [5, 5.41) is 8.54. The number of pyridine rings is 1. The third kappa shape index (κ3) is 3.52. The molecule has 106 valence electrons. The average molecular weight is 285 g/mol. The van der Waals surface area contributed by atoms with Crippen LogP contribution in [-0.2, 0) is 17.4 Å². The van der Waals surface area contributed by atoms with E-state index in [4.69, 9.17) is 5.11 Å². The molecule has 1 aromatic rings. The highest BCUT2D eigenvalue weighted by molar-refractivity contribution is 5.71. The molecule has 4 nitrogen and oxygen atoms in total.